The number of rotatable bonds is 4. The van der Waals surface area contributed by atoms with Crippen molar-refractivity contribution in [3.8, 4) is 0 Å². The zero-order chi connectivity index (χ0) is 12.1. The number of nitrogens with one attached hydrogen (secondary N) is 1. The Morgan fingerprint density at radius 2 is 2.06 bits per heavy atom. The lowest BCUT2D eigenvalue weighted by molar-refractivity contribution is -0.0939. The highest BCUT2D eigenvalue weighted by atomic mass is 32.2. The fourth-order valence-corrected chi connectivity index (χ4v) is 4.20. The molecule has 2 fully saturated rings. The molecule has 100 valence electrons. The maximum atomic E-state index is 6.04. The Bertz CT molecular complexity index is 224. The molecule has 2 aliphatic heterocycles. The lowest BCUT2D eigenvalue weighted by Gasteiger charge is -2.41. The summed E-state index contributed by atoms with van der Waals surface area (Å²) in [6.45, 7) is 5.48. The molecular weight excluding hydrogens is 230 g/mol. The van der Waals surface area contributed by atoms with Gasteiger partial charge in [-0.25, -0.2) is 0 Å². The normalized spacial score (nSPS) is 33.5. The van der Waals surface area contributed by atoms with Crippen molar-refractivity contribution >= 4 is 11.8 Å². The molecule has 0 aliphatic carbocycles. The predicted octanol–water partition coefficient (Wildman–Crippen LogP) is 3.21. The van der Waals surface area contributed by atoms with Crippen LogP contribution in [0.5, 0.6) is 0 Å². The van der Waals surface area contributed by atoms with Gasteiger partial charge in [0.15, 0.2) is 0 Å². The summed E-state index contributed by atoms with van der Waals surface area (Å²) in [5.41, 5.74) is 0.164. The molecule has 2 nitrogen and oxygen atoms in total. The molecule has 0 aromatic rings. The summed E-state index contributed by atoms with van der Waals surface area (Å²) in [6.07, 6.45) is 7.47. The van der Waals surface area contributed by atoms with Gasteiger partial charge in [-0.05, 0) is 44.3 Å². The van der Waals surface area contributed by atoms with Crippen LogP contribution >= 0.6 is 11.8 Å². The first-order valence-electron chi connectivity index (χ1n) is 7.26. The Morgan fingerprint density at radius 3 is 2.71 bits per heavy atom. The Morgan fingerprint density at radius 1 is 1.24 bits per heavy atom. The number of hydrogen-bond acceptors (Lipinski definition) is 3. The molecule has 0 bridgehead atoms. The highest BCUT2D eigenvalue weighted by Gasteiger charge is 2.35. The highest BCUT2D eigenvalue weighted by Crippen LogP contribution is 2.32. The van der Waals surface area contributed by atoms with Crippen LogP contribution < -0.4 is 5.32 Å². The van der Waals surface area contributed by atoms with Crippen molar-refractivity contribution in [2.45, 2.75) is 70.1 Å². The second kappa shape index (κ2) is 6.44. The smallest absolute Gasteiger partial charge is 0.0692 e. The first-order valence-corrected chi connectivity index (χ1v) is 8.41. The van der Waals surface area contributed by atoms with E-state index in [-0.39, 0.29) is 5.60 Å². The molecule has 0 saturated carbocycles. The molecule has 0 amide bonds. The molecular formula is C14H27NOS. The highest BCUT2D eigenvalue weighted by molar-refractivity contribution is 7.99. The van der Waals surface area contributed by atoms with Crippen LogP contribution in [0.1, 0.15) is 52.4 Å². The van der Waals surface area contributed by atoms with Crippen LogP contribution in [0.15, 0.2) is 0 Å². The minimum absolute atomic E-state index is 0.164. The first kappa shape index (κ1) is 13.7. The number of thioether (sulfide) groups is 1. The summed E-state index contributed by atoms with van der Waals surface area (Å²) in [5.74, 6) is 2.67. The average Bonchev–Trinajstić information content (AvgIpc) is 2.40. The maximum absolute atomic E-state index is 6.04. The van der Waals surface area contributed by atoms with Gasteiger partial charge in [-0.2, -0.15) is 11.8 Å². The largest absolute Gasteiger partial charge is 0.375 e. The van der Waals surface area contributed by atoms with Crippen LogP contribution in [0.25, 0.3) is 0 Å². The molecule has 2 rings (SSSR count). The standard InChI is InChI=1S/C14H27NOS/c1-3-14(4-2)10-12(7-8-16-14)15-13-6-5-9-17-11-13/h12-13,15H,3-11H2,1-2H3. The molecule has 1 N–H and O–H groups in total. The minimum Gasteiger partial charge on any atom is -0.375 e. The van der Waals surface area contributed by atoms with Gasteiger partial charge in [-0.1, -0.05) is 13.8 Å². The first-order chi connectivity index (χ1) is 8.28. The molecule has 0 aromatic carbocycles. The second-order valence-electron chi connectivity index (χ2n) is 5.51. The van der Waals surface area contributed by atoms with E-state index in [2.05, 4.69) is 30.9 Å². The lowest BCUT2D eigenvalue weighted by Crippen LogP contribution is -2.50. The molecule has 2 saturated heterocycles. The quantitative estimate of drug-likeness (QED) is 0.835. The van der Waals surface area contributed by atoms with Gasteiger partial charge < -0.3 is 10.1 Å². The Hall–Kier alpha value is 0.270. The molecule has 0 spiro atoms. The van der Waals surface area contributed by atoms with Crippen LogP contribution in [0, 0.1) is 0 Å². The van der Waals surface area contributed by atoms with Gasteiger partial charge in [-0.15, -0.1) is 0 Å². The van der Waals surface area contributed by atoms with Gasteiger partial charge in [0.05, 0.1) is 5.60 Å². The van der Waals surface area contributed by atoms with Gasteiger partial charge in [0, 0.05) is 24.4 Å². The van der Waals surface area contributed by atoms with Crippen LogP contribution in [0.2, 0.25) is 0 Å². The van der Waals surface area contributed by atoms with Crippen molar-refractivity contribution in [3.05, 3.63) is 0 Å². The third kappa shape index (κ3) is 3.62. The van der Waals surface area contributed by atoms with Crippen LogP contribution in [0.4, 0.5) is 0 Å². The summed E-state index contributed by atoms with van der Waals surface area (Å²) in [4.78, 5) is 0. The van der Waals surface area contributed by atoms with E-state index >= 15 is 0 Å². The summed E-state index contributed by atoms with van der Waals surface area (Å²) < 4.78 is 6.04. The van der Waals surface area contributed by atoms with Crippen LogP contribution in [-0.4, -0.2) is 35.8 Å². The molecule has 2 unspecified atom stereocenters. The van der Waals surface area contributed by atoms with E-state index in [0.717, 1.165) is 25.5 Å². The third-order valence-electron chi connectivity index (χ3n) is 4.41. The van der Waals surface area contributed by atoms with Gasteiger partial charge in [0.25, 0.3) is 0 Å². The van der Waals surface area contributed by atoms with Crippen molar-refractivity contribution in [2.24, 2.45) is 0 Å². The van der Waals surface area contributed by atoms with Crippen LogP contribution in [-0.2, 0) is 4.74 Å². The van der Waals surface area contributed by atoms with Gasteiger partial charge in [0.2, 0.25) is 0 Å². The zero-order valence-electron chi connectivity index (χ0n) is 11.3. The third-order valence-corrected chi connectivity index (χ3v) is 5.63. The second-order valence-corrected chi connectivity index (χ2v) is 6.66. The van der Waals surface area contributed by atoms with E-state index in [0.29, 0.717) is 6.04 Å². The van der Waals surface area contributed by atoms with Gasteiger partial charge in [-0.3, -0.25) is 0 Å². The molecule has 2 heterocycles. The fourth-order valence-electron chi connectivity index (χ4n) is 3.12. The van der Waals surface area contributed by atoms with Crippen molar-refractivity contribution in [3.63, 3.8) is 0 Å². The SMILES string of the molecule is CCC1(CC)CC(NC2CCCSC2)CCO1. The van der Waals surface area contributed by atoms with Crippen molar-refractivity contribution < 1.29 is 4.74 Å². The number of ether oxygens (including phenoxy) is 1. The minimum atomic E-state index is 0.164. The summed E-state index contributed by atoms with van der Waals surface area (Å²) in [7, 11) is 0. The average molecular weight is 257 g/mol. The molecule has 2 atom stereocenters. The fraction of sp³-hybridized carbons (Fsp3) is 1.00. The summed E-state index contributed by atoms with van der Waals surface area (Å²) in [5, 5.41) is 3.88. The molecule has 0 radical (unpaired) electrons. The molecule has 17 heavy (non-hydrogen) atoms. The topological polar surface area (TPSA) is 21.3 Å². The maximum Gasteiger partial charge on any atom is 0.0692 e. The Kier molecular flexibility index (Phi) is 5.19. The summed E-state index contributed by atoms with van der Waals surface area (Å²) >= 11 is 2.11. The van der Waals surface area contributed by atoms with E-state index in [1.807, 2.05) is 0 Å². The van der Waals surface area contributed by atoms with E-state index in [9.17, 15) is 0 Å². The van der Waals surface area contributed by atoms with Crippen molar-refractivity contribution in [2.75, 3.05) is 18.1 Å². The zero-order valence-corrected chi connectivity index (χ0v) is 12.2. The monoisotopic (exact) mass is 257 g/mol. The summed E-state index contributed by atoms with van der Waals surface area (Å²) in [6, 6.07) is 1.44. The van der Waals surface area contributed by atoms with Crippen molar-refractivity contribution in [1.29, 1.82) is 0 Å². The number of hydrogen-bond donors (Lipinski definition) is 1. The molecule has 3 heteroatoms. The van der Waals surface area contributed by atoms with E-state index in [1.54, 1.807) is 0 Å². The molecule has 2 aliphatic rings. The van der Waals surface area contributed by atoms with E-state index in [4.69, 9.17) is 4.74 Å². The Balaban J connectivity index is 1.84. The predicted molar refractivity (Wildman–Crippen MR) is 75.8 cm³/mol. The van der Waals surface area contributed by atoms with Crippen LogP contribution in [0.3, 0.4) is 0 Å². The van der Waals surface area contributed by atoms with E-state index < -0.39 is 0 Å². The Labute approximate surface area is 110 Å². The van der Waals surface area contributed by atoms with Gasteiger partial charge in [0.1, 0.15) is 0 Å². The van der Waals surface area contributed by atoms with Crippen molar-refractivity contribution in [1.82, 2.24) is 5.32 Å². The van der Waals surface area contributed by atoms with E-state index in [1.165, 1.54) is 37.2 Å². The molecule has 0 aromatic heterocycles. The lowest BCUT2D eigenvalue weighted by atomic mass is 9.85. The van der Waals surface area contributed by atoms with Gasteiger partial charge >= 0.3 is 0 Å².